The Kier molecular flexibility index (Phi) is 3.05. The van der Waals surface area contributed by atoms with Gasteiger partial charge in [-0.1, -0.05) is 11.6 Å². The van der Waals surface area contributed by atoms with Crippen LogP contribution in [0.5, 0.6) is 0 Å². The zero-order valence-corrected chi connectivity index (χ0v) is 8.54. The topological polar surface area (TPSA) is 57.0 Å². The van der Waals surface area contributed by atoms with E-state index >= 15 is 0 Å². The summed E-state index contributed by atoms with van der Waals surface area (Å²) in [6.07, 6.45) is 1.33. The lowest BCUT2D eigenvalue weighted by Gasteiger charge is -2.10. The summed E-state index contributed by atoms with van der Waals surface area (Å²) in [5, 5.41) is 8.73. The Morgan fingerprint density at radius 2 is 2.29 bits per heavy atom. The number of aromatic nitrogens is 1. The number of nitrogens with zero attached hydrogens (tertiary/aromatic N) is 3. The second kappa shape index (κ2) is 4.07. The van der Waals surface area contributed by atoms with E-state index in [9.17, 15) is 4.79 Å². The van der Waals surface area contributed by atoms with E-state index in [-0.39, 0.29) is 16.6 Å². The highest BCUT2D eigenvalue weighted by Gasteiger charge is 2.13. The van der Waals surface area contributed by atoms with Gasteiger partial charge in [0, 0.05) is 20.3 Å². The van der Waals surface area contributed by atoms with E-state index in [1.165, 1.54) is 17.2 Å². The second-order valence-electron chi connectivity index (χ2n) is 2.87. The molecule has 0 aliphatic carbocycles. The number of rotatable bonds is 1. The monoisotopic (exact) mass is 209 g/mol. The first-order valence-corrected chi connectivity index (χ1v) is 4.21. The lowest BCUT2D eigenvalue weighted by atomic mass is 10.2. The van der Waals surface area contributed by atoms with Crippen LogP contribution in [0.3, 0.4) is 0 Å². The van der Waals surface area contributed by atoms with Crippen molar-refractivity contribution in [3.8, 4) is 6.07 Å². The average Bonchev–Trinajstić information content (AvgIpc) is 2.17. The zero-order valence-electron chi connectivity index (χ0n) is 7.78. The highest BCUT2D eigenvalue weighted by molar-refractivity contribution is 6.32. The maximum atomic E-state index is 11.5. The third-order valence-corrected chi connectivity index (χ3v) is 1.91. The van der Waals surface area contributed by atoms with Crippen LogP contribution in [0.1, 0.15) is 15.9 Å². The smallest absolute Gasteiger partial charge is 0.256 e. The van der Waals surface area contributed by atoms with Crippen molar-refractivity contribution in [1.29, 1.82) is 5.26 Å². The Morgan fingerprint density at radius 3 is 2.79 bits per heavy atom. The molecule has 0 aromatic carbocycles. The summed E-state index contributed by atoms with van der Waals surface area (Å²) in [5.74, 6) is -0.264. The molecule has 0 aliphatic rings. The molecule has 0 saturated carbocycles. The van der Waals surface area contributed by atoms with Gasteiger partial charge in [-0.3, -0.25) is 4.79 Å². The van der Waals surface area contributed by atoms with Gasteiger partial charge in [0.15, 0.2) is 0 Å². The molecule has 0 N–H and O–H groups in total. The Balaban J connectivity index is 3.21. The van der Waals surface area contributed by atoms with E-state index < -0.39 is 0 Å². The van der Waals surface area contributed by atoms with E-state index in [1.807, 2.05) is 6.07 Å². The van der Waals surface area contributed by atoms with Crippen molar-refractivity contribution in [1.82, 2.24) is 9.88 Å². The first-order valence-electron chi connectivity index (χ1n) is 3.83. The average molecular weight is 210 g/mol. The van der Waals surface area contributed by atoms with Gasteiger partial charge in [0.25, 0.3) is 5.91 Å². The third kappa shape index (κ3) is 2.01. The second-order valence-corrected chi connectivity index (χ2v) is 3.23. The lowest BCUT2D eigenvalue weighted by Crippen LogP contribution is -2.22. The number of hydrogen-bond donors (Lipinski definition) is 0. The number of halogens is 1. The SMILES string of the molecule is CN(C)C(=O)c1cc(C#N)cnc1Cl. The molecule has 0 spiro atoms. The largest absolute Gasteiger partial charge is 0.345 e. The fourth-order valence-electron chi connectivity index (χ4n) is 0.900. The Labute approximate surface area is 86.7 Å². The Hall–Kier alpha value is -1.60. The molecule has 0 bridgehead atoms. The number of pyridine rings is 1. The highest BCUT2D eigenvalue weighted by atomic mass is 35.5. The van der Waals surface area contributed by atoms with E-state index in [4.69, 9.17) is 16.9 Å². The minimum atomic E-state index is -0.264. The van der Waals surface area contributed by atoms with Gasteiger partial charge < -0.3 is 4.90 Å². The minimum absolute atomic E-state index is 0.114. The Bertz CT molecular complexity index is 409. The molecule has 1 amide bonds. The number of nitriles is 1. The third-order valence-electron chi connectivity index (χ3n) is 1.60. The van der Waals surface area contributed by atoms with E-state index in [2.05, 4.69) is 4.98 Å². The molecule has 0 fully saturated rings. The van der Waals surface area contributed by atoms with Crippen molar-refractivity contribution in [3.63, 3.8) is 0 Å². The maximum Gasteiger partial charge on any atom is 0.256 e. The number of hydrogen-bond acceptors (Lipinski definition) is 3. The van der Waals surface area contributed by atoms with Crippen LogP contribution in [0.4, 0.5) is 0 Å². The molecule has 0 unspecified atom stereocenters. The molecule has 4 nitrogen and oxygen atoms in total. The molecule has 0 atom stereocenters. The van der Waals surface area contributed by atoms with Crippen LogP contribution in [0, 0.1) is 11.3 Å². The molecular weight excluding hydrogens is 202 g/mol. The predicted molar refractivity (Wildman–Crippen MR) is 52.0 cm³/mol. The predicted octanol–water partition coefficient (Wildman–Crippen LogP) is 1.31. The van der Waals surface area contributed by atoms with Crippen LogP contribution in [-0.2, 0) is 0 Å². The fraction of sp³-hybridized carbons (Fsp3) is 0.222. The molecule has 5 heteroatoms. The Morgan fingerprint density at radius 1 is 1.64 bits per heavy atom. The molecule has 1 rings (SSSR count). The van der Waals surface area contributed by atoms with Crippen molar-refractivity contribution in [2.75, 3.05) is 14.1 Å². The summed E-state index contributed by atoms with van der Waals surface area (Å²) in [6.45, 7) is 0. The lowest BCUT2D eigenvalue weighted by molar-refractivity contribution is 0.0827. The van der Waals surface area contributed by atoms with Crippen LogP contribution in [0.25, 0.3) is 0 Å². The van der Waals surface area contributed by atoms with Crippen LogP contribution in [-0.4, -0.2) is 29.9 Å². The van der Waals surface area contributed by atoms with Gasteiger partial charge >= 0.3 is 0 Å². The van der Waals surface area contributed by atoms with Crippen molar-refractivity contribution in [2.24, 2.45) is 0 Å². The van der Waals surface area contributed by atoms with Gasteiger partial charge in [0.05, 0.1) is 11.1 Å². The fourth-order valence-corrected chi connectivity index (χ4v) is 1.08. The molecule has 0 saturated heterocycles. The van der Waals surface area contributed by atoms with Crippen molar-refractivity contribution in [2.45, 2.75) is 0 Å². The summed E-state index contributed by atoms with van der Waals surface area (Å²) in [7, 11) is 3.22. The summed E-state index contributed by atoms with van der Waals surface area (Å²) in [4.78, 5) is 16.7. The van der Waals surface area contributed by atoms with E-state index in [1.54, 1.807) is 14.1 Å². The first kappa shape index (κ1) is 10.5. The van der Waals surface area contributed by atoms with Gasteiger partial charge in [0.1, 0.15) is 11.2 Å². The van der Waals surface area contributed by atoms with Crippen LogP contribution in [0.2, 0.25) is 5.15 Å². The summed E-state index contributed by atoms with van der Waals surface area (Å²) >= 11 is 5.72. The summed E-state index contributed by atoms with van der Waals surface area (Å²) in [6, 6.07) is 3.32. The number of carbonyl (C=O) groups excluding carboxylic acids is 1. The first-order chi connectivity index (χ1) is 6.56. The molecule has 0 radical (unpaired) electrons. The molecule has 72 valence electrons. The minimum Gasteiger partial charge on any atom is -0.345 e. The molecule has 1 heterocycles. The molecule has 1 aromatic rings. The quantitative estimate of drug-likeness (QED) is 0.656. The van der Waals surface area contributed by atoms with Crippen molar-refractivity contribution in [3.05, 3.63) is 28.5 Å². The van der Waals surface area contributed by atoms with Crippen LogP contribution >= 0.6 is 11.6 Å². The van der Waals surface area contributed by atoms with Gasteiger partial charge in [-0.25, -0.2) is 4.98 Å². The maximum absolute atomic E-state index is 11.5. The standard InChI is InChI=1S/C9H8ClN3O/c1-13(2)9(14)7-3-6(4-11)5-12-8(7)10/h3,5H,1-2H3. The zero-order chi connectivity index (χ0) is 10.7. The number of amides is 1. The van der Waals surface area contributed by atoms with Crippen LogP contribution in [0.15, 0.2) is 12.3 Å². The van der Waals surface area contributed by atoms with Crippen molar-refractivity contribution >= 4 is 17.5 Å². The van der Waals surface area contributed by atoms with Gasteiger partial charge in [-0.15, -0.1) is 0 Å². The van der Waals surface area contributed by atoms with Gasteiger partial charge in [0.2, 0.25) is 0 Å². The summed E-state index contributed by atoms with van der Waals surface area (Å²) in [5.41, 5.74) is 0.565. The van der Waals surface area contributed by atoms with E-state index in [0.717, 1.165) is 0 Å². The molecule has 14 heavy (non-hydrogen) atoms. The number of carbonyl (C=O) groups is 1. The summed E-state index contributed by atoms with van der Waals surface area (Å²) < 4.78 is 0. The van der Waals surface area contributed by atoms with Crippen LogP contribution < -0.4 is 0 Å². The molecular formula is C9H8ClN3O. The highest BCUT2D eigenvalue weighted by Crippen LogP contribution is 2.15. The van der Waals surface area contributed by atoms with Crippen molar-refractivity contribution < 1.29 is 4.79 Å². The van der Waals surface area contributed by atoms with Gasteiger partial charge in [-0.05, 0) is 6.07 Å². The van der Waals surface area contributed by atoms with Gasteiger partial charge in [-0.2, -0.15) is 5.26 Å². The molecule has 1 aromatic heterocycles. The van der Waals surface area contributed by atoms with E-state index in [0.29, 0.717) is 5.56 Å². The normalized spacial score (nSPS) is 9.29. The molecule has 0 aliphatic heterocycles.